The van der Waals surface area contributed by atoms with E-state index in [0.29, 0.717) is 23.1 Å². The Bertz CT molecular complexity index is 599. The van der Waals surface area contributed by atoms with Crippen LogP contribution in [0.1, 0.15) is 35.8 Å². The second-order valence-electron chi connectivity index (χ2n) is 4.93. The topological polar surface area (TPSA) is 60.0 Å². The van der Waals surface area contributed by atoms with Crippen molar-refractivity contribution in [3.8, 4) is 0 Å². The van der Waals surface area contributed by atoms with E-state index in [0.717, 1.165) is 12.8 Å². The molecule has 1 saturated carbocycles. The van der Waals surface area contributed by atoms with Crippen LogP contribution in [0.3, 0.4) is 0 Å². The molecule has 1 aromatic carbocycles. The van der Waals surface area contributed by atoms with E-state index in [2.05, 4.69) is 9.88 Å². The monoisotopic (exact) mass is 255 g/mol. The third-order valence-electron chi connectivity index (χ3n) is 3.69. The Kier molecular flexibility index (Phi) is 2.99. The number of hydrogen-bond acceptors (Lipinski definition) is 2. The van der Waals surface area contributed by atoms with Crippen molar-refractivity contribution in [2.75, 3.05) is 11.1 Å². The zero-order chi connectivity index (χ0) is 13.2. The van der Waals surface area contributed by atoms with E-state index in [-0.39, 0.29) is 5.91 Å². The first-order valence-electron chi connectivity index (χ1n) is 6.58. The number of carbonyl (C=O) groups is 1. The fourth-order valence-corrected chi connectivity index (χ4v) is 2.37. The zero-order valence-corrected chi connectivity index (χ0v) is 10.7. The second kappa shape index (κ2) is 4.80. The predicted octanol–water partition coefficient (Wildman–Crippen LogP) is 3.05. The molecule has 0 aliphatic heterocycles. The molecule has 0 radical (unpaired) electrons. The van der Waals surface area contributed by atoms with Crippen molar-refractivity contribution in [2.24, 2.45) is 0 Å². The summed E-state index contributed by atoms with van der Waals surface area (Å²) in [7, 11) is 0. The van der Waals surface area contributed by atoms with Crippen LogP contribution >= 0.6 is 0 Å². The van der Waals surface area contributed by atoms with Gasteiger partial charge in [-0.3, -0.25) is 4.79 Å². The molecule has 3 rings (SSSR count). The van der Waals surface area contributed by atoms with Crippen LogP contribution < -0.4 is 11.1 Å². The number of para-hydroxylation sites is 2. The SMILES string of the molecule is Nc1ccccc1NC(=O)c1cccn1C1CCC1. The summed E-state index contributed by atoms with van der Waals surface area (Å²) in [5.74, 6) is -0.102. The number of carbonyl (C=O) groups excluding carboxylic acids is 1. The van der Waals surface area contributed by atoms with Gasteiger partial charge < -0.3 is 15.6 Å². The predicted molar refractivity (Wildman–Crippen MR) is 76.1 cm³/mol. The summed E-state index contributed by atoms with van der Waals surface area (Å²) in [5.41, 5.74) is 7.78. The second-order valence-corrected chi connectivity index (χ2v) is 4.93. The number of aromatic nitrogens is 1. The molecule has 3 N–H and O–H groups in total. The van der Waals surface area contributed by atoms with Crippen LogP contribution in [-0.2, 0) is 0 Å². The Morgan fingerprint density at radius 2 is 2.00 bits per heavy atom. The van der Waals surface area contributed by atoms with Crippen LogP contribution in [0, 0.1) is 0 Å². The molecule has 0 saturated heterocycles. The third-order valence-corrected chi connectivity index (χ3v) is 3.69. The number of rotatable bonds is 3. The maximum Gasteiger partial charge on any atom is 0.272 e. The third kappa shape index (κ3) is 2.21. The van der Waals surface area contributed by atoms with Crippen molar-refractivity contribution >= 4 is 17.3 Å². The molecule has 1 heterocycles. The molecule has 1 aliphatic rings. The highest BCUT2D eigenvalue weighted by Gasteiger charge is 2.23. The van der Waals surface area contributed by atoms with Gasteiger partial charge in [-0.25, -0.2) is 0 Å². The Balaban J connectivity index is 1.81. The minimum atomic E-state index is -0.102. The molecular weight excluding hydrogens is 238 g/mol. The van der Waals surface area contributed by atoms with Crippen LogP contribution in [0.25, 0.3) is 0 Å². The normalized spacial score (nSPS) is 14.9. The minimum absolute atomic E-state index is 0.102. The average Bonchev–Trinajstić information content (AvgIpc) is 2.79. The Morgan fingerprint density at radius 1 is 1.21 bits per heavy atom. The summed E-state index contributed by atoms with van der Waals surface area (Å²) >= 11 is 0. The van der Waals surface area contributed by atoms with Crippen molar-refractivity contribution in [3.63, 3.8) is 0 Å². The number of nitrogens with one attached hydrogen (secondary N) is 1. The first-order valence-corrected chi connectivity index (χ1v) is 6.58. The number of amides is 1. The molecule has 19 heavy (non-hydrogen) atoms. The zero-order valence-electron chi connectivity index (χ0n) is 10.7. The number of nitrogens with two attached hydrogens (primary N) is 1. The lowest BCUT2D eigenvalue weighted by atomic mass is 9.93. The quantitative estimate of drug-likeness (QED) is 0.828. The lowest BCUT2D eigenvalue weighted by Gasteiger charge is -2.28. The molecule has 2 aromatic rings. The average molecular weight is 255 g/mol. The molecule has 4 heteroatoms. The van der Waals surface area contributed by atoms with Gasteiger partial charge in [0, 0.05) is 12.2 Å². The summed E-state index contributed by atoms with van der Waals surface area (Å²) in [4.78, 5) is 12.3. The molecule has 0 atom stereocenters. The summed E-state index contributed by atoms with van der Waals surface area (Å²) in [6.07, 6.45) is 5.54. The van der Waals surface area contributed by atoms with Gasteiger partial charge in [-0.15, -0.1) is 0 Å². The highest BCUT2D eigenvalue weighted by molar-refractivity contribution is 6.04. The number of nitrogen functional groups attached to an aromatic ring is 1. The fourth-order valence-electron chi connectivity index (χ4n) is 2.37. The van der Waals surface area contributed by atoms with Gasteiger partial charge in [0.05, 0.1) is 11.4 Å². The highest BCUT2D eigenvalue weighted by atomic mass is 16.1. The van der Waals surface area contributed by atoms with Gasteiger partial charge in [-0.2, -0.15) is 0 Å². The summed E-state index contributed by atoms with van der Waals surface area (Å²) < 4.78 is 2.07. The van der Waals surface area contributed by atoms with Crippen molar-refractivity contribution < 1.29 is 4.79 Å². The summed E-state index contributed by atoms with van der Waals surface area (Å²) in [5, 5.41) is 2.87. The number of benzene rings is 1. The molecule has 0 bridgehead atoms. The lowest BCUT2D eigenvalue weighted by Crippen LogP contribution is -2.23. The van der Waals surface area contributed by atoms with Gasteiger partial charge in [0.15, 0.2) is 0 Å². The van der Waals surface area contributed by atoms with Crippen molar-refractivity contribution in [2.45, 2.75) is 25.3 Å². The van der Waals surface area contributed by atoms with Crippen LogP contribution in [0.5, 0.6) is 0 Å². The van der Waals surface area contributed by atoms with Crippen LogP contribution in [-0.4, -0.2) is 10.5 Å². The standard InChI is InChI=1S/C15H17N3O/c16-12-7-1-2-8-13(12)17-15(19)14-9-4-10-18(14)11-5-3-6-11/h1-2,4,7-11H,3,5-6,16H2,(H,17,19). The van der Waals surface area contributed by atoms with E-state index in [9.17, 15) is 4.79 Å². The molecular formula is C15H17N3O. The number of nitrogens with zero attached hydrogens (tertiary/aromatic N) is 1. The van der Waals surface area contributed by atoms with Gasteiger partial charge >= 0.3 is 0 Å². The van der Waals surface area contributed by atoms with Gasteiger partial charge in [-0.05, 0) is 43.5 Å². The fraction of sp³-hybridized carbons (Fsp3) is 0.267. The summed E-state index contributed by atoms with van der Waals surface area (Å²) in [6.45, 7) is 0. The largest absolute Gasteiger partial charge is 0.397 e. The maximum atomic E-state index is 12.3. The smallest absolute Gasteiger partial charge is 0.272 e. The lowest BCUT2D eigenvalue weighted by molar-refractivity contribution is 0.101. The molecule has 1 aliphatic carbocycles. The van der Waals surface area contributed by atoms with Gasteiger partial charge in [-0.1, -0.05) is 12.1 Å². The van der Waals surface area contributed by atoms with E-state index in [1.807, 2.05) is 36.5 Å². The first kappa shape index (κ1) is 11.8. The minimum Gasteiger partial charge on any atom is -0.397 e. The Morgan fingerprint density at radius 3 is 2.68 bits per heavy atom. The van der Waals surface area contributed by atoms with Crippen LogP contribution in [0.15, 0.2) is 42.6 Å². The van der Waals surface area contributed by atoms with Gasteiger partial charge in [0.1, 0.15) is 5.69 Å². The van der Waals surface area contributed by atoms with Crippen molar-refractivity contribution in [1.29, 1.82) is 0 Å². The number of hydrogen-bond donors (Lipinski definition) is 2. The molecule has 1 fully saturated rings. The molecule has 98 valence electrons. The van der Waals surface area contributed by atoms with E-state index in [1.54, 1.807) is 6.07 Å². The molecule has 1 amide bonds. The van der Waals surface area contributed by atoms with Crippen molar-refractivity contribution in [1.82, 2.24) is 4.57 Å². The van der Waals surface area contributed by atoms with Crippen LogP contribution in [0.4, 0.5) is 11.4 Å². The molecule has 0 unspecified atom stereocenters. The van der Waals surface area contributed by atoms with E-state index in [4.69, 9.17) is 5.73 Å². The molecule has 1 aromatic heterocycles. The van der Waals surface area contributed by atoms with E-state index < -0.39 is 0 Å². The van der Waals surface area contributed by atoms with Crippen LogP contribution in [0.2, 0.25) is 0 Å². The number of anilines is 2. The molecule has 4 nitrogen and oxygen atoms in total. The van der Waals surface area contributed by atoms with Gasteiger partial charge in [0.25, 0.3) is 5.91 Å². The Labute approximate surface area is 112 Å². The van der Waals surface area contributed by atoms with Gasteiger partial charge in [0.2, 0.25) is 0 Å². The van der Waals surface area contributed by atoms with Crippen molar-refractivity contribution in [3.05, 3.63) is 48.3 Å². The summed E-state index contributed by atoms with van der Waals surface area (Å²) in [6, 6.07) is 11.5. The van der Waals surface area contributed by atoms with E-state index in [1.165, 1.54) is 6.42 Å². The molecule has 0 spiro atoms. The first-order chi connectivity index (χ1) is 9.25. The highest BCUT2D eigenvalue weighted by Crippen LogP contribution is 2.33. The maximum absolute atomic E-state index is 12.3. The Hall–Kier alpha value is -2.23. The van der Waals surface area contributed by atoms with E-state index >= 15 is 0 Å².